The molecule has 0 aliphatic rings. The zero-order chi connectivity index (χ0) is 4.71. The molecular formula is C3H20Cl6Si2. The maximum Gasteiger partial charge on any atom is 0.00244 e. The summed E-state index contributed by atoms with van der Waals surface area (Å²) in [7, 11) is 2.67. The van der Waals surface area contributed by atoms with E-state index in [0.29, 0.717) is 0 Å². The number of rotatable bonds is 0. The minimum atomic E-state index is 0. The van der Waals surface area contributed by atoms with Crippen LogP contribution in [0.4, 0.5) is 0 Å². The summed E-state index contributed by atoms with van der Waals surface area (Å²) < 4.78 is 0. The summed E-state index contributed by atoms with van der Waals surface area (Å²) in [6.45, 7) is 4.33. The van der Waals surface area contributed by atoms with E-state index in [1.165, 1.54) is 26.5 Å². The van der Waals surface area contributed by atoms with Crippen molar-refractivity contribution in [1.29, 1.82) is 0 Å². The van der Waals surface area contributed by atoms with E-state index in [1.54, 1.807) is 0 Å². The minimum Gasteiger partial charge on any atom is -0.147 e. The smallest absolute Gasteiger partial charge is 0.00244 e. The van der Waals surface area contributed by atoms with Crippen molar-refractivity contribution >= 4 is 94.9 Å². The van der Waals surface area contributed by atoms with E-state index in [4.69, 9.17) is 0 Å². The Morgan fingerprint density at radius 2 is 0.727 bits per heavy atom. The van der Waals surface area contributed by atoms with Gasteiger partial charge in [-0.1, -0.05) is 19.5 Å². The van der Waals surface area contributed by atoms with Crippen molar-refractivity contribution in [2.75, 3.05) is 0 Å². The molecule has 0 saturated heterocycles. The van der Waals surface area contributed by atoms with Gasteiger partial charge in [-0.15, -0.1) is 74.4 Å². The average Bonchev–Trinajstić information content (AvgIpc) is 1.46. The summed E-state index contributed by atoms with van der Waals surface area (Å²) in [4.78, 5) is 0. The van der Waals surface area contributed by atoms with Crippen LogP contribution in [-0.4, -0.2) is 20.5 Å². The van der Waals surface area contributed by atoms with Gasteiger partial charge < -0.3 is 0 Å². The van der Waals surface area contributed by atoms with Crippen molar-refractivity contribution in [3.8, 4) is 0 Å². The Labute approximate surface area is 114 Å². The highest BCUT2D eigenvalue weighted by Crippen LogP contribution is 1.49. The molecule has 0 rings (SSSR count). The molecule has 0 aromatic carbocycles. The fourth-order valence-electron chi connectivity index (χ4n) is 0. The van der Waals surface area contributed by atoms with Crippen molar-refractivity contribution < 1.29 is 0 Å². The molecule has 0 amide bonds. The second kappa shape index (κ2) is 151. The monoisotopic (exact) mass is 322 g/mol. The van der Waals surface area contributed by atoms with Gasteiger partial charge in [-0.25, -0.2) is 0 Å². The average molecular weight is 325 g/mol. The van der Waals surface area contributed by atoms with E-state index < -0.39 is 0 Å². The van der Waals surface area contributed by atoms with Crippen molar-refractivity contribution in [3.05, 3.63) is 0 Å². The Morgan fingerprint density at radius 3 is 0.727 bits per heavy atom. The van der Waals surface area contributed by atoms with Gasteiger partial charge in [0.05, 0.1) is 0 Å². The molecule has 0 aromatic heterocycles. The quantitative estimate of drug-likeness (QED) is 0.595. The first kappa shape index (κ1) is 72.9. The topological polar surface area (TPSA) is 0 Å². The summed E-state index contributed by atoms with van der Waals surface area (Å²) in [5, 5.41) is 0. The third-order valence-corrected chi connectivity index (χ3v) is 0. The SMILES string of the molecule is CC[SiH3].C[SiH3].Cl.Cl.Cl.Cl.Cl.Cl. The molecule has 0 unspecified atom stereocenters. The van der Waals surface area contributed by atoms with Crippen LogP contribution in [0.2, 0.25) is 12.6 Å². The van der Waals surface area contributed by atoms with Gasteiger partial charge in [0.25, 0.3) is 0 Å². The molecule has 0 fully saturated rings. The number of hydrogen-bond donors (Lipinski definition) is 0. The Hall–Kier alpha value is 2.17. The molecule has 0 aliphatic heterocycles. The lowest BCUT2D eigenvalue weighted by Crippen LogP contribution is -1.41. The normalized spacial score (nSPS) is 2.73. The fraction of sp³-hybridized carbons (Fsp3) is 1.00. The molecule has 0 spiro atoms. The van der Waals surface area contributed by atoms with Crippen molar-refractivity contribution in [2.45, 2.75) is 19.5 Å². The summed E-state index contributed by atoms with van der Waals surface area (Å²) in [6, 6.07) is 1.39. The molecule has 0 nitrogen and oxygen atoms in total. The van der Waals surface area contributed by atoms with Gasteiger partial charge in [-0.2, -0.15) is 0 Å². The van der Waals surface area contributed by atoms with Gasteiger partial charge in [0.15, 0.2) is 0 Å². The van der Waals surface area contributed by atoms with Crippen LogP contribution in [0.5, 0.6) is 0 Å². The first-order valence-corrected chi connectivity index (χ1v) is 5.83. The fourth-order valence-corrected chi connectivity index (χ4v) is 0. The Bertz CT molecular complexity index is 15.8. The molecule has 0 atom stereocenters. The van der Waals surface area contributed by atoms with Crippen molar-refractivity contribution in [2.24, 2.45) is 0 Å². The highest BCUT2D eigenvalue weighted by Gasteiger charge is 1.36. The zero-order valence-electron chi connectivity index (χ0n) is 7.16. The molecule has 82 valence electrons. The second-order valence-corrected chi connectivity index (χ2v) is 2.12. The Morgan fingerprint density at radius 1 is 0.727 bits per heavy atom. The van der Waals surface area contributed by atoms with Gasteiger partial charge in [-0.3, -0.25) is 0 Å². The number of hydrogen-bond acceptors (Lipinski definition) is 0. The molecule has 0 bridgehead atoms. The predicted octanol–water partition coefficient (Wildman–Crippen LogP) is 1.72. The summed E-state index contributed by atoms with van der Waals surface area (Å²) in [5.74, 6) is 0. The molecule has 0 aromatic rings. The predicted molar refractivity (Wildman–Crippen MR) is 79.7 cm³/mol. The summed E-state index contributed by atoms with van der Waals surface area (Å²) >= 11 is 0. The van der Waals surface area contributed by atoms with Crippen LogP contribution in [0.15, 0.2) is 0 Å². The largest absolute Gasteiger partial charge is 0.147 e. The van der Waals surface area contributed by atoms with E-state index in [-0.39, 0.29) is 74.4 Å². The van der Waals surface area contributed by atoms with E-state index in [9.17, 15) is 0 Å². The first-order valence-electron chi connectivity index (χ1n) is 2.41. The van der Waals surface area contributed by atoms with Crippen LogP contribution < -0.4 is 0 Å². The van der Waals surface area contributed by atoms with Crippen LogP contribution in [0.1, 0.15) is 6.92 Å². The third kappa shape index (κ3) is 267. The maximum absolute atomic E-state index is 2.19. The van der Waals surface area contributed by atoms with E-state index in [2.05, 4.69) is 13.5 Å². The van der Waals surface area contributed by atoms with E-state index >= 15 is 0 Å². The van der Waals surface area contributed by atoms with Gasteiger partial charge >= 0.3 is 0 Å². The summed E-state index contributed by atoms with van der Waals surface area (Å²) in [5.41, 5.74) is 0. The lowest BCUT2D eigenvalue weighted by Gasteiger charge is -1.47. The molecular weight excluding hydrogens is 305 g/mol. The molecule has 0 N–H and O–H groups in total. The Kier molecular flexibility index (Phi) is 1000. The van der Waals surface area contributed by atoms with Crippen LogP contribution in [-0.2, 0) is 0 Å². The van der Waals surface area contributed by atoms with Gasteiger partial charge in [0, 0.05) is 10.2 Å². The lowest BCUT2D eigenvalue weighted by molar-refractivity contribution is 1.48. The highest BCUT2D eigenvalue weighted by molar-refractivity contribution is 6.08. The van der Waals surface area contributed by atoms with Crippen molar-refractivity contribution in [1.82, 2.24) is 0 Å². The summed E-state index contributed by atoms with van der Waals surface area (Å²) in [6.07, 6.45) is 0. The highest BCUT2D eigenvalue weighted by atomic mass is 35.5. The molecule has 0 heterocycles. The molecule has 0 saturated carbocycles. The van der Waals surface area contributed by atoms with Crippen LogP contribution in [0.3, 0.4) is 0 Å². The lowest BCUT2D eigenvalue weighted by atomic mass is 11.0. The Balaban J connectivity index is -0.00000000181. The minimum absolute atomic E-state index is 0. The van der Waals surface area contributed by atoms with Gasteiger partial charge in [0.2, 0.25) is 0 Å². The zero-order valence-corrected chi connectivity index (χ0v) is 16.1. The second-order valence-electron chi connectivity index (χ2n) is 0.707. The molecule has 0 aliphatic carbocycles. The third-order valence-electron chi connectivity index (χ3n) is 0. The first-order chi connectivity index (χ1) is 2.41. The molecule has 11 heavy (non-hydrogen) atoms. The standard InChI is InChI=1S/C2H8Si.CH6Si.6ClH/c1-2-3;1-2;;;;;;/h2H2,1,3H3;1-2H3;6*1H. The van der Waals surface area contributed by atoms with Crippen LogP contribution in [0.25, 0.3) is 0 Å². The van der Waals surface area contributed by atoms with E-state index in [0.717, 1.165) is 0 Å². The maximum atomic E-state index is 2.19. The number of halogens is 6. The van der Waals surface area contributed by atoms with Crippen LogP contribution >= 0.6 is 74.4 Å². The van der Waals surface area contributed by atoms with Crippen LogP contribution in [0, 0.1) is 0 Å². The van der Waals surface area contributed by atoms with Gasteiger partial charge in [0.1, 0.15) is 0 Å². The van der Waals surface area contributed by atoms with Crippen molar-refractivity contribution in [3.63, 3.8) is 0 Å². The molecule has 0 radical (unpaired) electrons. The van der Waals surface area contributed by atoms with E-state index in [1.807, 2.05) is 0 Å². The van der Waals surface area contributed by atoms with Gasteiger partial charge in [-0.05, 0) is 10.2 Å². The molecule has 8 heteroatoms.